The third-order valence-electron chi connectivity index (χ3n) is 4.09. The highest BCUT2D eigenvalue weighted by Gasteiger charge is 2.23. The van der Waals surface area contributed by atoms with Crippen molar-refractivity contribution in [3.63, 3.8) is 0 Å². The highest BCUT2D eigenvalue weighted by atomic mass is 16.1. The lowest BCUT2D eigenvalue weighted by molar-refractivity contribution is -0.119. The first-order chi connectivity index (χ1) is 10.7. The predicted molar refractivity (Wildman–Crippen MR) is 83.9 cm³/mol. The molecule has 1 N–H and O–H groups in total. The van der Waals surface area contributed by atoms with Crippen LogP contribution < -0.4 is 5.32 Å². The van der Waals surface area contributed by atoms with Crippen molar-refractivity contribution in [2.45, 2.75) is 32.2 Å². The van der Waals surface area contributed by atoms with E-state index >= 15 is 0 Å². The van der Waals surface area contributed by atoms with Crippen molar-refractivity contribution in [1.82, 2.24) is 10.3 Å². The van der Waals surface area contributed by atoms with Gasteiger partial charge in [0.15, 0.2) is 0 Å². The number of carbonyl (C=O) groups excluding carboxylic acids is 1. The fourth-order valence-corrected chi connectivity index (χ4v) is 3.09. The highest BCUT2D eigenvalue weighted by Crippen LogP contribution is 2.35. The average molecular weight is 291 g/mol. The highest BCUT2D eigenvalue weighted by molar-refractivity contribution is 5.74. The van der Waals surface area contributed by atoms with E-state index < -0.39 is 0 Å². The monoisotopic (exact) mass is 291 g/mol. The fraction of sp³-hybridized carbons (Fsp3) is 0.278. The van der Waals surface area contributed by atoms with Gasteiger partial charge in [-0.1, -0.05) is 12.1 Å². The van der Waals surface area contributed by atoms with Gasteiger partial charge in [-0.3, -0.25) is 9.78 Å². The molecule has 0 radical (unpaired) electrons. The van der Waals surface area contributed by atoms with Gasteiger partial charge >= 0.3 is 0 Å². The van der Waals surface area contributed by atoms with E-state index in [-0.39, 0.29) is 11.9 Å². The normalized spacial score (nSPS) is 16.5. The van der Waals surface area contributed by atoms with E-state index in [9.17, 15) is 4.79 Å². The first kappa shape index (κ1) is 14.3. The first-order valence-corrected chi connectivity index (χ1v) is 7.43. The third-order valence-corrected chi connectivity index (χ3v) is 4.09. The van der Waals surface area contributed by atoms with Crippen molar-refractivity contribution in [3.8, 4) is 17.2 Å². The van der Waals surface area contributed by atoms with Crippen molar-refractivity contribution in [2.24, 2.45) is 0 Å². The van der Waals surface area contributed by atoms with Gasteiger partial charge in [0, 0.05) is 24.9 Å². The van der Waals surface area contributed by atoms with E-state index in [1.54, 1.807) is 6.92 Å². The number of pyridine rings is 1. The van der Waals surface area contributed by atoms with E-state index in [1.807, 2.05) is 36.7 Å². The number of nitriles is 1. The van der Waals surface area contributed by atoms with Gasteiger partial charge in [-0.2, -0.15) is 5.26 Å². The summed E-state index contributed by atoms with van der Waals surface area (Å²) in [7, 11) is 0. The van der Waals surface area contributed by atoms with Gasteiger partial charge in [0.05, 0.1) is 17.7 Å². The number of nitrogens with zero attached hydrogens (tertiary/aromatic N) is 2. The van der Waals surface area contributed by atoms with E-state index in [2.05, 4.69) is 16.4 Å². The Morgan fingerprint density at radius 2 is 2.09 bits per heavy atom. The van der Waals surface area contributed by atoms with Crippen LogP contribution in [-0.4, -0.2) is 10.9 Å². The fourth-order valence-electron chi connectivity index (χ4n) is 3.09. The first-order valence-electron chi connectivity index (χ1n) is 7.43. The van der Waals surface area contributed by atoms with E-state index in [0.717, 1.165) is 36.0 Å². The number of amides is 1. The molecule has 0 saturated carbocycles. The molecule has 1 atom stereocenters. The molecule has 0 saturated heterocycles. The van der Waals surface area contributed by atoms with Gasteiger partial charge in [0.25, 0.3) is 0 Å². The summed E-state index contributed by atoms with van der Waals surface area (Å²) in [5.41, 5.74) is 5.18. The molecule has 2 aromatic rings. The summed E-state index contributed by atoms with van der Waals surface area (Å²) in [4.78, 5) is 15.7. The summed E-state index contributed by atoms with van der Waals surface area (Å²) in [6.45, 7) is 1.55. The van der Waals surface area contributed by atoms with Crippen molar-refractivity contribution in [1.29, 1.82) is 5.26 Å². The summed E-state index contributed by atoms with van der Waals surface area (Å²) >= 11 is 0. The van der Waals surface area contributed by atoms with Gasteiger partial charge in [0.1, 0.15) is 0 Å². The standard InChI is InChI=1S/C18H17N3O/c1-12(22)21-18-4-2-3-15-16(10-20-11-17(15)18)14-7-5-13(9-19)6-8-14/h5-8,10-11,18H,2-4H2,1H3,(H,21,22)/t18-/m1/s1. The van der Waals surface area contributed by atoms with Gasteiger partial charge in [-0.25, -0.2) is 0 Å². The zero-order valence-electron chi connectivity index (χ0n) is 12.5. The van der Waals surface area contributed by atoms with Gasteiger partial charge < -0.3 is 5.32 Å². The number of nitrogens with one attached hydrogen (secondary N) is 1. The molecule has 1 heterocycles. The number of benzene rings is 1. The number of aromatic nitrogens is 1. The summed E-state index contributed by atoms with van der Waals surface area (Å²) in [6, 6.07) is 9.74. The van der Waals surface area contributed by atoms with Crippen molar-refractivity contribution in [3.05, 3.63) is 53.3 Å². The minimum atomic E-state index is -0.0124. The molecule has 1 amide bonds. The maximum atomic E-state index is 11.4. The van der Waals surface area contributed by atoms with Crippen LogP contribution in [0.1, 0.15) is 42.5 Å². The lowest BCUT2D eigenvalue weighted by atomic mass is 9.84. The minimum Gasteiger partial charge on any atom is -0.349 e. The second kappa shape index (κ2) is 5.98. The molecule has 0 unspecified atom stereocenters. The van der Waals surface area contributed by atoms with Crippen molar-refractivity contribution < 1.29 is 4.79 Å². The lowest BCUT2D eigenvalue weighted by Gasteiger charge is -2.27. The summed E-state index contributed by atoms with van der Waals surface area (Å²) in [6.07, 6.45) is 6.72. The lowest BCUT2D eigenvalue weighted by Crippen LogP contribution is -2.29. The molecule has 0 spiro atoms. The SMILES string of the molecule is CC(=O)N[C@@H]1CCCc2c(-c3ccc(C#N)cc3)cncc21. The molecule has 22 heavy (non-hydrogen) atoms. The Morgan fingerprint density at radius 3 is 2.77 bits per heavy atom. The summed E-state index contributed by atoms with van der Waals surface area (Å²) in [5.74, 6) is -0.0124. The second-order valence-corrected chi connectivity index (χ2v) is 5.59. The van der Waals surface area contributed by atoms with Crippen LogP contribution in [0.25, 0.3) is 11.1 Å². The minimum absolute atomic E-state index is 0.0124. The number of hydrogen-bond donors (Lipinski definition) is 1. The molecule has 4 heteroatoms. The number of fused-ring (bicyclic) bond motifs is 1. The smallest absolute Gasteiger partial charge is 0.217 e. The zero-order chi connectivity index (χ0) is 15.5. The van der Waals surface area contributed by atoms with Crippen molar-refractivity contribution in [2.75, 3.05) is 0 Å². The molecule has 3 rings (SSSR count). The summed E-state index contributed by atoms with van der Waals surface area (Å²) < 4.78 is 0. The van der Waals surface area contributed by atoms with E-state index in [4.69, 9.17) is 5.26 Å². The predicted octanol–water partition coefficient (Wildman–Crippen LogP) is 3.13. The Labute approximate surface area is 129 Å². The van der Waals surface area contributed by atoms with Crippen LogP contribution >= 0.6 is 0 Å². The van der Waals surface area contributed by atoms with Crippen molar-refractivity contribution >= 4 is 5.91 Å². The molecule has 1 aromatic heterocycles. The molecular formula is C18H17N3O. The van der Waals surface area contributed by atoms with Crippen LogP contribution in [0.5, 0.6) is 0 Å². The maximum Gasteiger partial charge on any atom is 0.217 e. The number of hydrogen-bond acceptors (Lipinski definition) is 3. The van der Waals surface area contributed by atoms with Gasteiger partial charge in [-0.05, 0) is 48.1 Å². The van der Waals surface area contributed by atoms with Crippen LogP contribution in [0, 0.1) is 11.3 Å². The maximum absolute atomic E-state index is 11.4. The molecule has 1 aromatic carbocycles. The largest absolute Gasteiger partial charge is 0.349 e. The number of carbonyl (C=O) groups is 1. The zero-order valence-corrected chi connectivity index (χ0v) is 12.5. The van der Waals surface area contributed by atoms with Crippen LogP contribution in [0.4, 0.5) is 0 Å². The Kier molecular flexibility index (Phi) is 3.88. The second-order valence-electron chi connectivity index (χ2n) is 5.59. The number of rotatable bonds is 2. The van der Waals surface area contributed by atoms with Crippen LogP contribution in [-0.2, 0) is 11.2 Å². The molecule has 1 aliphatic carbocycles. The average Bonchev–Trinajstić information content (AvgIpc) is 2.54. The molecule has 0 fully saturated rings. The quantitative estimate of drug-likeness (QED) is 0.924. The third kappa shape index (κ3) is 2.71. The van der Waals surface area contributed by atoms with E-state index in [0.29, 0.717) is 5.56 Å². The molecule has 110 valence electrons. The molecule has 4 nitrogen and oxygen atoms in total. The Morgan fingerprint density at radius 1 is 1.32 bits per heavy atom. The molecular weight excluding hydrogens is 274 g/mol. The molecule has 1 aliphatic rings. The van der Waals surface area contributed by atoms with Crippen LogP contribution in [0.15, 0.2) is 36.7 Å². The Hall–Kier alpha value is -2.67. The molecule has 0 bridgehead atoms. The Bertz CT molecular complexity index is 744. The van der Waals surface area contributed by atoms with Gasteiger partial charge in [-0.15, -0.1) is 0 Å². The van der Waals surface area contributed by atoms with E-state index in [1.165, 1.54) is 5.56 Å². The topological polar surface area (TPSA) is 65.8 Å². The van der Waals surface area contributed by atoms with Gasteiger partial charge in [0.2, 0.25) is 5.91 Å². The molecule has 0 aliphatic heterocycles. The van der Waals surface area contributed by atoms with Crippen LogP contribution in [0.2, 0.25) is 0 Å². The summed E-state index contributed by atoms with van der Waals surface area (Å²) in [5, 5.41) is 11.9. The van der Waals surface area contributed by atoms with Crippen LogP contribution in [0.3, 0.4) is 0 Å². The Balaban J connectivity index is 2.03.